The zero-order valence-electron chi connectivity index (χ0n) is 10.8. The lowest BCUT2D eigenvalue weighted by molar-refractivity contribution is 0.106. The first-order valence-corrected chi connectivity index (χ1v) is 7.02. The van der Waals surface area contributed by atoms with Gasteiger partial charge < -0.3 is 9.30 Å². The maximum Gasteiger partial charge on any atom is 0.151 e. The third kappa shape index (κ3) is 2.13. The molecule has 3 nitrogen and oxygen atoms in total. The summed E-state index contributed by atoms with van der Waals surface area (Å²) in [7, 11) is 1.74. The second-order valence-corrected chi connectivity index (χ2v) is 5.23. The third-order valence-electron chi connectivity index (χ3n) is 3.92. The molecule has 1 aliphatic carbocycles. The Hall–Kier alpha value is -1.13. The number of alkyl halides is 1. The van der Waals surface area contributed by atoms with Crippen molar-refractivity contribution in [2.75, 3.05) is 7.11 Å². The van der Waals surface area contributed by atoms with E-state index in [-0.39, 0.29) is 11.9 Å². The summed E-state index contributed by atoms with van der Waals surface area (Å²) in [6, 6.07) is 5.35. The molecule has 1 saturated carbocycles. The van der Waals surface area contributed by atoms with Crippen LogP contribution in [-0.4, -0.2) is 22.8 Å². The maximum absolute atomic E-state index is 13.8. The fraction of sp³-hybridized carbons (Fsp3) is 0.500. The van der Waals surface area contributed by atoms with Gasteiger partial charge in [-0.3, -0.25) is 0 Å². The Morgan fingerprint density at radius 2 is 2.32 bits per heavy atom. The van der Waals surface area contributed by atoms with Gasteiger partial charge >= 0.3 is 0 Å². The number of ether oxygens (including phenoxy) is 1. The van der Waals surface area contributed by atoms with Crippen LogP contribution in [-0.2, 0) is 10.6 Å². The Morgan fingerprint density at radius 1 is 1.47 bits per heavy atom. The van der Waals surface area contributed by atoms with Gasteiger partial charge in [0.25, 0.3) is 0 Å². The molecule has 0 amide bonds. The van der Waals surface area contributed by atoms with Crippen LogP contribution in [0.5, 0.6) is 0 Å². The minimum atomic E-state index is -0.288. The van der Waals surface area contributed by atoms with E-state index >= 15 is 0 Å². The lowest BCUT2D eigenvalue weighted by atomic mass is 10.2. The van der Waals surface area contributed by atoms with Gasteiger partial charge in [0.15, 0.2) is 5.82 Å². The van der Waals surface area contributed by atoms with E-state index in [1.807, 2.05) is 6.07 Å². The SMILES string of the molecule is COC1CCC(n2c(CCl)nc3c(F)cccc32)C1. The molecule has 2 atom stereocenters. The van der Waals surface area contributed by atoms with E-state index in [1.165, 1.54) is 6.07 Å². The molecule has 2 aromatic rings. The fourth-order valence-corrected chi connectivity index (χ4v) is 3.19. The molecule has 2 unspecified atom stereocenters. The molecule has 102 valence electrons. The van der Waals surface area contributed by atoms with E-state index in [0.29, 0.717) is 17.4 Å². The average molecular weight is 283 g/mol. The molecule has 1 heterocycles. The van der Waals surface area contributed by atoms with Crippen LogP contribution < -0.4 is 0 Å². The molecule has 1 aromatic carbocycles. The van der Waals surface area contributed by atoms with E-state index < -0.39 is 0 Å². The summed E-state index contributed by atoms with van der Waals surface area (Å²) in [5.41, 5.74) is 1.25. The van der Waals surface area contributed by atoms with Crippen molar-refractivity contribution < 1.29 is 9.13 Å². The van der Waals surface area contributed by atoms with Crippen molar-refractivity contribution in [2.45, 2.75) is 37.3 Å². The Morgan fingerprint density at radius 3 is 3.00 bits per heavy atom. The van der Waals surface area contributed by atoms with Gasteiger partial charge in [-0.05, 0) is 31.4 Å². The van der Waals surface area contributed by atoms with Crippen LogP contribution in [0, 0.1) is 5.82 Å². The van der Waals surface area contributed by atoms with Gasteiger partial charge in [-0.25, -0.2) is 9.37 Å². The molecule has 3 rings (SSSR count). The summed E-state index contributed by atoms with van der Waals surface area (Å²) in [6.07, 6.45) is 3.25. The predicted molar refractivity (Wildman–Crippen MR) is 72.9 cm³/mol. The van der Waals surface area contributed by atoms with E-state index in [2.05, 4.69) is 9.55 Å². The minimum Gasteiger partial charge on any atom is -0.381 e. The van der Waals surface area contributed by atoms with Gasteiger partial charge in [0.2, 0.25) is 0 Å². The number of benzene rings is 1. The predicted octanol–water partition coefficient (Wildman–Crippen LogP) is 3.65. The third-order valence-corrected chi connectivity index (χ3v) is 4.16. The molecule has 1 aliphatic rings. The lowest BCUT2D eigenvalue weighted by Gasteiger charge is -2.16. The highest BCUT2D eigenvalue weighted by Crippen LogP contribution is 2.35. The van der Waals surface area contributed by atoms with Crippen LogP contribution >= 0.6 is 11.6 Å². The summed E-state index contributed by atoms with van der Waals surface area (Å²) < 4.78 is 21.3. The van der Waals surface area contributed by atoms with Crippen LogP contribution in [0.4, 0.5) is 4.39 Å². The fourth-order valence-electron chi connectivity index (χ4n) is 3.00. The van der Waals surface area contributed by atoms with E-state index in [9.17, 15) is 4.39 Å². The van der Waals surface area contributed by atoms with Crippen LogP contribution in [0.2, 0.25) is 0 Å². The largest absolute Gasteiger partial charge is 0.381 e. The van der Waals surface area contributed by atoms with Gasteiger partial charge in [0.1, 0.15) is 11.3 Å². The molecule has 0 radical (unpaired) electrons. The Balaban J connectivity index is 2.09. The first-order valence-electron chi connectivity index (χ1n) is 6.48. The number of imidazole rings is 1. The highest BCUT2D eigenvalue weighted by molar-refractivity contribution is 6.16. The molecule has 0 bridgehead atoms. The molecule has 19 heavy (non-hydrogen) atoms. The summed E-state index contributed by atoms with van der Waals surface area (Å²) in [5, 5.41) is 0. The maximum atomic E-state index is 13.8. The second kappa shape index (κ2) is 5.10. The first kappa shape index (κ1) is 12.9. The number of nitrogens with zero attached hydrogens (tertiary/aromatic N) is 2. The van der Waals surface area contributed by atoms with Crippen LogP contribution in [0.1, 0.15) is 31.1 Å². The van der Waals surface area contributed by atoms with Crippen LogP contribution in [0.3, 0.4) is 0 Å². The molecular formula is C14H16ClFN2O. The topological polar surface area (TPSA) is 27.1 Å². The molecule has 1 fully saturated rings. The van der Waals surface area contributed by atoms with Gasteiger partial charge in [0.05, 0.1) is 17.5 Å². The summed E-state index contributed by atoms with van der Waals surface area (Å²) >= 11 is 5.97. The van der Waals surface area contributed by atoms with E-state index in [0.717, 1.165) is 30.6 Å². The Bertz CT molecular complexity index is 598. The number of para-hydroxylation sites is 1. The molecule has 0 aliphatic heterocycles. The average Bonchev–Trinajstić information content (AvgIpc) is 3.02. The monoisotopic (exact) mass is 282 g/mol. The molecular weight excluding hydrogens is 267 g/mol. The van der Waals surface area contributed by atoms with Crippen molar-refractivity contribution >= 4 is 22.6 Å². The standard InChI is InChI=1S/C14H16ClFN2O/c1-19-10-6-5-9(7-10)18-12-4-2-3-11(16)14(12)17-13(18)8-15/h2-4,9-10H,5-8H2,1H3. The number of rotatable bonds is 3. The summed E-state index contributed by atoms with van der Waals surface area (Å²) in [4.78, 5) is 4.34. The van der Waals surface area contributed by atoms with E-state index in [1.54, 1.807) is 13.2 Å². The van der Waals surface area contributed by atoms with Crippen molar-refractivity contribution in [3.05, 3.63) is 29.8 Å². The van der Waals surface area contributed by atoms with Gasteiger partial charge in [-0.2, -0.15) is 0 Å². The van der Waals surface area contributed by atoms with Crippen molar-refractivity contribution in [3.63, 3.8) is 0 Å². The lowest BCUT2D eigenvalue weighted by Crippen LogP contribution is -2.11. The van der Waals surface area contributed by atoms with Crippen molar-refractivity contribution in [3.8, 4) is 0 Å². The van der Waals surface area contributed by atoms with Crippen molar-refractivity contribution in [1.29, 1.82) is 0 Å². The normalized spacial score (nSPS) is 23.3. The Labute approximate surface area is 116 Å². The van der Waals surface area contributed by atoms with Crippen molar-refractivity contribution in [2.24, 2.45) is 0 Å². The summed E-state index contributed by atoms with van der Waals surface area (Å²) in [5.74, 6) is 0.745. The van der Waals surface area contributed by atoms with Gasteiger partial charge in [-0.1, -0.05) is 6.07 Å². The number of fused-ring (bicyclic) bond motifs is 1. The minimum absolute atomic E-state index is 0.277. The second-order valence-electron chi connectivity index (χ2n) is 4.96. The van der Waals surface area contributed by atoms with Crippen molar-refractivity contribution in [1.82, 2.24) is 9.55 Å². The number of halogens is 2. The van der Waals surface area contributed by atoms with E-state index in [4.69, 9.17) is 16.3 Å². The smallest absolute Gasteiger partial charge is 0.151 e. The van der Waals surface area contributed by atoms with Gasteiger partial charge in [0, 0.05) is 13.2 Å². The quantitative estimate of drug-likeness (QED) is 0.804. The molecule has 1 aromatic heterocycles. The first-order chi connectivity index (χ1) is 9.24. The molecule has 5 heteroatoms. The number of aromatic nitrogens is 2. The zero-order chi connectivity index (χ0) is 13.4. The Kier molecular flexibility index (Phi) is 3.46. The number of methoxy groups -OCH3 is 1. The number of hydrogen-bond donors (Lipinski definition) is 0. The molecule has 0 N–H and O–H groups in total. The van der Waals surface area contributed by atoms with Gasteiger partial charge in [-0.15, -0.1) is 11.6 Å². The highest BCUT2D eigenvalue weighted by Gasteiger charge is 2.29. The highest BCUT2D eigenvalue weighted by atomic mass is 35.5. The molecule has 0 saturated heterocycles. The zero-order valence-corrected chi connectivity index (χ0v) is 11.5. The van der Waals surface area contributed by atoms with Crippen LogP contribution in [0.25, 0.3) is 11.0 Å². The summed E-state index contributed by atoms with van der Waals surface area (Å²) in [6.45, 7) is 0. The number of hydrogen-bond acceptors (Lipinski definition) is 2. The molecule has 0 spiro atoms. The van der Waals surface area contributed by atoms with Crippen LogP contribution in [0.15, 0.2) is 18.2 Å².